The molecule has 9 heavy (non-hydrogen) atoms. The molecule has 50 valence electrons. The maximum absolute atomic E-state index is 6.96. The molecule has 0 saturated carbocycles. The molecule has 1 aliphatic carbocycles. The predicted molar refractivity (Wildman–Crippen MR) is 38.5 cm³/mol. The Morgan fingerprint density at radius 1 is 1.33 bits per heavy atom. The molecular weight excluding hydrogens is 112 g/mol. The van der Waals surface area contributed by atoms with Crippen molar-refractivity contribution in [3.8, 4) is 0 Å². The van der Waals surface area contributed by atoms with Crippen LogP contribution in [0.2, 0.25) is 0 Å². The SMILES string of the molecule is N=CC1=C(N)CCCC1. The van der Waals surface area contributed by atoms with E-state index in [4.69, 9.17) is 11.1 Å². The summed E-state index contributed by atoms with van der Waals surface area (Å²) < 4.78 is 0. The molecule has 0 spiro atoms. The number of nitrogens with one attached hydrogen (secondary N) is 1. The van der Waals surface area contributed by atoms with Gasteiger partial charge in [0.25, 0.3) is 0 Å². The Morgan fingerprint density at radius 3 is 2.44 bits per heavy atom. The average Bonchev–Trinajstić information content (AvgIpc) is 1.89. The van der Waals surface area contributed by atoms with Crippen LogP contribution in [0.15, 0.2) is 11.3 Å². The molecule has 0 radical (unpaired) electrons. The number of hydrogen-bond donors (Lipinski definition) is 2. The summed E-state index contributed by atoms with van der Waals surface area (Å²) in [5.74, 6) is 0. The molecule has 1 aliphatic rings. The first-order valence-corrected chi connectivity index (χ1v) is 3.32. The Labute approximate surface area is 55.3 Å². The quantitative estimate of drug-likeness (QED) is 0.510. The molecule has 0 unspecified atom stereocenters. The first-order chi connectivity index (χ1) is 4.34. The van der Waals surface area contributed by atoms with E-state index in [2.05, 4.69) is 0 Å². The summed E-state index contributed by atoms with van der Waals surface area (Å²) >= 11 is 0. The monoisotopic (exact) mass is 124 g/mol. The second-order valence-electron chi connectivity index (χ2n) is 2.40. The fraction of sp³-hybridized carbons (Fsp3) is 0.571. The minimum atomic E-state index is 0.927. The van der Waals surface area contributed by atoms with Crippen LogP contribution in [0, 0.1) is 5.41 Å². The molecular formula is C7H12N2. The van der Waals surface area contributed by atoms with Crippen molar-refractivity contribution >= 4 is 6.21 Å². The van der Waals surface area contributed by atoms with Crippen molar-refractivity contribution in [3.05, 3.63) is 11.3 Å². The molecule has 2 heteroatoms. The van der Waals surface area contributed by atoms with Gasteiger partial charge in [-0.3, -0.25) is 0 Å². The molecule has 3 N–H and O–H groups in total. The molecule has 0 aromatic carbocycles. The zero-order valence-electron chi connectivity index (χ0n) is 5.48. The van der Waals surface area contributed by atoms with Gasteiger partial charge >= 0.3 is 0 Å². The maximum Gasteiger partial charge on any atom is 0.0227 e. The van der Waals surface area contributed by atoms with Crippen molar-refractivity contribution in [1.29, 1.82) is 5.41 Å². The summed E-state index contributed by atoms with van der Waals surface area (Å²) in [4.78, 5) is 0. The van der Waals surface area contributed by atoms with Gasteiger partial charge in [-0.05, 0) is 31.3 Å². The highest BCUT2D eigenvalue weighted by molar-refractivity contribution is 5.76. The fourth-order valence-corrected chi connectivity index (χ4v) is 1.12. The van der Waals surface area contributed by atoms with Crippen molar-refractivity contribution in [2.75, 3.05) is 0 Å². The zero-order chi connectivity index (χ0) is 6.69. The lowest BCUT2D eigenvalue weighted by Gasteiger charge is -2.12. The average molecular weight is 124 g/mol. The minimum Gasteiger partial charge on any atom is -0.402 e. The van der Waals surface area contributed by atoms with E-state index in [-0.39, 0.29) is 0 Å². The topological polar surface area (TPSA) is 49.9 Å². The lowest BCUT2D eigenvalue weighted by molar-refractivity contribution is 0.684. The van der Waals surface area contributed by atoms with Crippen molar-refractivity contribution in [1.82, 2.24) is 0 Å². The van der Waals surface area contributed by atoms with E-state index in [9.17, 15) is 0 Å². The molecule has 0 atom stereocenters. The van der Waals surface area contributed by atoms with Crippen molar-refractivity contribution in [2.24, 2.45) is 5.73 Å². The Bertz CT molecular complexity index is 147. The first-order valence-electron chi connectivity index (χ1n) is 3.32. The van der Waals surface area contributed by atoms with Crippen LogP contribution in [0.3, 0.4) is 0 Å². The smallest absolute Gasteiger partial charge is 0.0227 e. The fourth-order valence-electron chi connectivity index (χ4n) is 1.12. The van der Waals surface area contributed by atoms with Gasteiger partial charge in [0.1, 0.15) is 0 Å². The van der Waals surface area contributed by atoms with Crippen molar-refractivity contribution in [3.63, 3.8) is 0 Å². The van der Waals surface area contributed by atoms with Crippen molar-refractivity contribution in [2.45, 2.75) is 25.7 Å². The van der Waals surface area contributed by atoms with Gasteiger partial charge in [0, 0.05) is 11.9 Å². The Hall–Kier alpha value is -0.790. The summed E-state index contributed by atoms with van der Waals surface area (Å²) in [5.41, 5.74) is 7.59. The lowest BCUT2D eigenvalue weighted by Crippen LogP contribution is -2.07. The highest BCUT2D eigenvalue weighted by Gasteiger charge is 2.06. The van der Waals surface area contributed by atoms with E-state index < -0.39 is 0 Å². The highest BCUT2D eigenvalue weighted by Crippen LogP contribution is 2.18. The third kappa shape index (κ3) is 1.31. The third-order valence-electron chi connectivity index (χ3n) is 1.73. The van der Waals surface area contributed by atoms with Crippen LogP contribution >= 0.6 is 0 Å². The Balaban J connectivity index is 2.70. The van der Waals surface area contributed by atoms with E-state index in [0.717, 1.165) is 24.1 Å². The van der Waals surface area contributed by atoms with Gasteiger partial charge in [-0.2, -0.15) is 0 Å². The van der Waals surface area contributed by atoms with E-state index in [1.807, 2.05) is 0 Å². The van der Waals surface area contributed by atoms with Crippen LogP contribution in [0.5, 0.6) is 0 Å². The molecule has 0 saturated heterocycles. The van der Waals surface area contributed by atoms with Crippen molar-refractivity contribution < 1.29 is 0 Å². The van der Waals surface area contributed by atoms with Gasteiger partial charge in [-0.15, -0.1) is 0 Å². The minimum absolute atomic E-state index is 0.927. The molecule has 0 aliphatic heterocycles. The summed E-state index contributed by atoms with van der Waals surface area (Å²) in [6.45, 7) is 0. The number of nitrogens with two attached hydrogens (primary N) is 1. The molecule has 2 nitrogen and oxygen atoms in total. The molecule has 0 amide bonds. The van der Waals surface area contributed by atoms with Crippen LogP contribution in [0.1, 0.15) is 25.7 Å². The first kappa shape index (κ1) is 6.33. The van der Waals surface area contributed by atoms with Gasteiger partial charge < -0.3 is 11.1 Å². The summed E-state index contributed by atoms with van der Waals surface area (Å²) in [7, 11) is 0. The molecule has 0 aromatic heterocycles. The molecule has 0 fully saturated rings. The van der Waals surface area contributed by atoms with Crippen LogP contribution in [-0.4, -0.2) is 6.21 Å². The standard InChI is InChI=1S/C7H12N2/c8-5-6-3-1-2-4-7(6)9/h5,8H,1-4,9H2. The normalized spacial score (nSPS) is 20.0. The Morgan fingerprint density at radius 2 is 2.00 bits per heavy atom. The van der Waals surface area contributed by atoms with Gasteiger partial charge in [0.05, 0.1) is 0 Å². The second-order valence-corrected chi connectivity index (χ2v) is 2.40. The summed E-state index contributed by atoms with van der Waals surface area (Å²) in [5, 5.41) is 6.96. The molecule has 0 aromatic rings. The summed E-state index contributed by atoms with van der Waals surface area (Å²) in [6, 6.07) is 0. The lowest BCUT2D eigenvalue weighted by atomic mass is 9.98. The zero-order valence-corrected chi connectivity index (χ0v) is 5.48. The van der Waals surface area contributed by atoms with E-state index in [1.54, 1.807) is 0 Å². The molecule has 0 heterocycles. The maximum atomic E-state index is 6.96. The number of allylic oxidation sites excluding steroid dienone is 2. The number of rotatable bonds is 1. The van der Waals surface area contributed by atoms with Crippen LogP contribution in [0.4, 0.5) is 0 Å². The van der Waals surface area contributed by atoms with Crippen LogP contribution in [0.25, 0.3) is 0 Å². The van der Waals surface area contributed by atoms with E-state index in [1.165, 1.54) is 19.1 Å². The largest absolute Gasteiger partial charge is 0.402 e. The highest BCUT2D eigenvalue weighted by atomic mass is 14.6. The second kappa shape index (κ2) is 2.67. The summed E-state index contributed by atoms with van der Waals surface area (Å²) in [6.07, 6.45) is 5.78. The molecule has 0 bridgehead atoms. The van der Waals surface area contributed by atoms with E-state index >= 15 is 0 Å². The van der Waals surface area contributed by atoms with Gasteiger partial charge in [0.2, 0.25) is 0 Å². The van der Waals surface area contributed by atoms with Crippen LogP contribution in [-0.2, 0) is 0 Å². The van der Waals surface area contributed by atoms with Crippen LogP contribution < -0.4 is 5.73 Å². The Kier molecular flexibility index (Phi) is 1.88. The number of hydrogen-bond acceptors (Lipinski definition) is 2. The van der Waals surface area contributed by atoms with Gasteiger partial charge in [0.15, 0.2) is 0 Å². The van der Waals surface area contributed by atoms with E-state index in [0.29, 0.717) is 0 Å². The van der Waals surface area contributed by atoms with Gasteiger partial charge in [-0.1, -0.05) is 0 Å². The third-order valence-corrected chi connectivity index (χ3v) is 1.73. The molecule has 1 rings (SSSR count). The van der Waals surface area contributed by atoms with Gasteiger partial charge in [-0.25, -0.2) is 0 Å². The predicted octanol–water partition coefficient (Wildman–Crippen LogP) is 1.42.